The smallest absolute Gasteiger partial charge is 0.382 e. The van der Waals surface area contributed by atoms with Gasteiger partial charge in [-0.2, -0.15) is 0 Å². The Labute approximate surface area is 140 Å². The van der Waals surface area contributed by atoms with Crippen LogP contribution in [0.5, 0.6) is 0 Å². The summed E-state index contributed by atoms with van der Waals surface area (Å²) in [5, 5.41) is 0. The van der Waals surface area contributed by atoms with Crippen molar-refractivity contribution in [3.63, 3.8) is 0 Å². The Morgan fingerprint density at radius 1 is 0.522 bits per heavy atom. The lowest BCUT2D eigenvalue weighted by molar-refractivity contribution is -0.0540. The molecule has 23 heavy (non-hydrogen) atoms. The minimum atomic E-state index is -3.16. The quantitative estimate of drug-likeness (QED) is 0.264. The van der Waals surface area contributed by atoms with Crippen molar-refractivity contribution < 1.29 is 36.7 Å². The van der Waals surface area contributed by atoms with Crippen LogP contribution >= 0.6 is 0 Å². The summed E-state index contributed by atoms with van der Waals surface area (Å²) in [7, 11) is 0.104. The molecule has 0 rings (SSSR count). The van der Waals surface area contributed by atoms with Gasteiger partial charge in [-0.15, -0.1) is 0 Å². The molecule has 0 aliphatic heterocycles. The molecule has 0 N–H and O–H groups in total. The fourth-order valence-corrected chi connectivity index (χ4v) is 3.42. The molecule has 0 saturated heterocycles. The van der Waals surface area contributed by atoms with Gasteiger partial charge in [0.15, 0.2) is 0 Å². The van der Waals surface area contributed by atoms with Crippen molar-refractivity contribution in [2.75, 3.05) is 80.3 Å². The maximum Gasteiger partial charge on any atom is 0.679 e. The fourth-order valence-electron chi connectivity index (χ4n) is 1.54. The minimum absolute atomic E-state index is 0.334. The highest BCUT2D eigenvalue weighted by molar-refractivity contribution is 6.53. The summed E-state index contributed by atoms with van der Waals surface area (Å²) in [6.45, 7) is 8.29. The maximum atomic E-state index is 5.74. The molecule has 0 heterocycles. The second-order valence-corrected chi connectivity index (χ2v) is 6.43. The predicted octanol–water partition coefficient (Wildman–Crippen LogP) is 0.854. The molecule has 0 bridgehead atoms. The van der Waals surface area contributed by atoms with Gasteiger partial charge < -0.3 is 36.7 Å². The lowest BCUT2D eigenvalue weighted by atomic mass is 10.7. The highest BCUT2D eigenvalue weighted by atomic mass is 28.4. The van der Waals surface area contributed by atoms with Crippen molar-refractivity contribution >= 4 is 9.05 Å². The summed E-state index contributed by atoms with van der Waals surface area (Å²) in [6, 6.07) is 0. The van der Waals surface area contributed by atoms with Gasteiger partial charge in [0.05, 0.1) is 52.9 Å². The van der Waals surface area contributed by atoms with E-state index in [1.807, 2.05) is 13.8 Å². The van der Waals surface area contributed by atoms with E-state index in [2.05, 4.69) is 0 Å². The van der Waals surface area contributed by atoms with Crippen LogP contribution in [-0.2, 0) is 36.7 Å². The summed E-state index contributed by atoms with van der Waals surface area (Å²) in [5.74, 6) is 0. The van der Waals surface area contributed by atoms with Crippen molar-refractivity contribution in [1.29, 1.82) is 0 Å². The van der Waals surface area contributed by atoms with Gasteiger partial charge in [-0.1, -0.05) is 0 Å². The summed E-state index contributed by atoms with van der Waals surface area (Å²) in [5.41, 5.74) is 0. The fraction of sp³-hybridized carbons (Fsp3) is 1.00. The largest absolute Gasteiger partial charge is 0.679 e. The molecule has 0 unspecified atom stereocenters. The van der Waals surface area contributed by atoms with E-state index in [0.717, 1.165) is 0 Å². The maximum absolute atomic E-state index is 5.74. The van der Waals surface area contributed by atoms with Gasteiger partial charge in [0.25, 0.3) is 0 Å². The molecule has 0 aromatic carbocycles. The average Bonchev–Trinajstić information content (AvgIpc) is 2.54. The van der Waals surface area contributed by atoms with Gasteiger partial charge in [0, 0.05) is 27.4 Å². The van der Waals surface area contributed by atoms with Crippen molar-refractivity contribution in [3.05, 3.63) is 0 Å². The summed E-state index contributed by atoms with van der Waals surface area (Å²) in [6.07, 6.45) is 0. The molecule has 0 fully saturated rings. The van der Waals surface area contributed by atoms with Crippen LogP contribution in [0, 0.1) is 0 Å². The molecule has 0 saturated carbocycles. The van der Waals surface area contributed by atoms with Crippen LogP contribution in [0.2, 0.25) is 0 Å². The van der Waals surface area contributed by atoms with Gasteiger partial charge in [0.1, 0.15) is 0 Å². The van der Waals surface area contributed by atoms with E-state index in [0.29, 0.717) is 66.1 Å². The van der Waals surface area contributed by atoms with Crippen molar-refractivity contribution in [2.45, 2.75) is 13.8 Å². The van der Waals surface area contributed by atoms with Crippen molar-refractivity contribution in [1.82, 2.24) is 0 Å². The lowest BCUT2D eigenvalue weighted by Crippen LogP contribution is -2.50. The number of hydrogen-bond acceptors (Lipinski definition) is 8. The molecule has 0 radical (unpaired) electrons. The third-order valence-corrected chi connectivity index (χ3v) is 4.92. The number of ether oxygens (including phenoxy) is 4. The number of hydrogen-bond donors (Lipinski definition) is 0. The van der Waals surface area contributed by atoms with Crippen molar-refractivity contribution in [2.24, 2.45) is 0 Å². The topological polar surface area (TPSA) is 73.8 Å². The SMILES string of the molecule is CCO[Si](OCC)(OCCOCCOC)OCCOCCOC. The van der Waals surface area contributed by atoms with Gasteiger partial charge >= 0.3 is 9.05 Å². The van der Waals surface area contributed by atoms with Crippen LogP contribution < -0.4 is 0 Å². The molecule has 8 nitrogen and oxygen atoms in total. The normalized spacial score (nSPS) is 12.0. The number of methoxy groups -OCH3 is 2. The van der Waals surface area contributed by atoms with E-state index in [4.69, 9.17) is 36.7 Å². The molecule has 0 amide bonds. The third-order valence-electron chi connectivity index (χ3n) is 2.52. The first kappa shape index (κ1) is 22.9. The first-order valence-corrected chi connectivity index (χ1v) is 9.57. The van der Waals surface area contributed by atoms with Crippen LogP contribution in [0.15, 0.2) is 0 Å². The van der Waals surface area contributed by atoms with E-state index in [-0.39, 0.29) is 0 Å². The predicted molar refractivity (Wildman–Crippen MR) is 86.3 cm³/mol. The monoisotopic (exact) mass is 356 g/mol. The summed E-state index contributed by atoms with van der Waals surface area (Å²) < 4.78 is 43.3. The van der Waals surface area contributed by atoms with Gasteiger partial charge in [-0.25, -0.2) is 0 Å². The molecular weight excluding hydrogens is 324 g/mol. The van der Waals surface area contributed by atoms with Crippen LogP contribution in [0.1, 0.15) is 13.8 Å². The average molecular weight is 356 g/mol. The molecule has 0 aromatic heterocycles. The molecule has 0 aromatic rings. The number of rotatable bonds is 18. The Bertz CT molecular complexity index is 221. The highest BCUT2D eigenvalue weighted by Crippen LogP contribution is 2.12. The zero-order chi connectivity index (χ0) is 17.2. The van der Waals surface area contributed by atoms with Crippen LogP contribution in [0.4, 0.5) is 0 Å². The first-order valence-electron chi connectivity index (χ1n) is 7.93. The summed E-state index contributed by atoms with van der Waals surface area (Å²) in [4.78, 5) is 0. The Morgan fingerprint density at radius 2 is 0.913 bits per heavy atom. The Hall–Kier alpha value is -0.103. The van der Waals surface area contributed by atoms with Gasteiger partial charge in [-0.3, -0.25) is 0 Å². The molecule has 0 spiro atoms. The second kappa shape index (κ2) is 16.7. The molecule has 0 atom stereocenters. The van der Waals surface area contributed by atoms with Crippen molar-refractivity contribution in [3.8, 4) is 0 Å². The van der Waals surface area contributed by atoms with Gasteiger partial charge in [-0.05, 0) is 13.8 Å². The van der Waals surface area contributed by atoms with E-state index in [9.17, 15) is 0 Å². The molecule has 140 valence electrons. The van der Waals surface area contributed by atoms with E-state index < -0.39 is 9.05 Å². The molecule has 0 aliphatic rings. The molecule has 9 heteroatoms. The lowest BCUT2D eigenvalue weighted by Gasteiger charge is -2.27. The zero-order valence-corrected chi connectivity index (χ0v) is 15.8. The first-order chi connectivity index (χ1) is 11.2. The molecule has 0 aliphatic carbocycles. The third kappa shape index (κ3) is 12.9. The van der Waals surface area contributed by atoms with Crippen LogP contribution in [0.25, 0.3) is 0 Å². The molecular formula is C14H32O8Si. The Morgan fingerprint density at radius 3 is 1.26 bits per heavy atom. The van der Waals surface area contributed by atoms with Gasteiger partial charge in [0.2, 0.25) is 0 Å². The highest BCUT2D eigenvalue weighted by Gasteiger charge is 2.45. The summed E-state index contributed by atoms with van der Waals surface area (Å²) >= 11 is 0. The Balaban J connectivity index is 4.11. The minimum Gasteiger partial charge on any atom is -0.382 e. The van der Waals surface area contributed by atoms with E-state index in [1.165, 1.54) is 0 Å². The van der Waals surface area contributed by atoms with E-state index >= 15 is 0 Å². The standard InChI is InChI=1S/C14H32O8Si/c1-5-19-23(20-6-2,21-13-11-17-9-7-15-3)22-14-12-18-10-8-16-4/h5-14H2,1-4H3. The second-order valence-electron chi connectivity index (χ2n) is 4.27. The Kier molecular flexibility index (Phi) is 16.7. The van der Waals surface area contributed by atoms with E-state index in [1.54, 1.807) is 14.2 Å². The zero-order valence-electron chi connectivity index (χ0n) is 14.8. The van der Waals surface area contributed by atoms with Crippen LogP contribution in [-0.4, -0.2) is 89.3 Å². The van der Waals surface area contributed by atoms with Crippen LogP contribution in [0.3, 0.4) is 0 Å².